The van der Waals surface area contributed by atoms with Gasteiger partial charge in [0.15, 0.2) is 5.96 Å². The minimum atomic E-state index is -0.200. The van der Waals surface area contributed by atoms with Crippen molar-refractivity contribution < 1.29 is 9.13 Å². The molecule has 31 heavy (non-hydrogen) atoms. The molecule has 0 unspecified atom stereocenters. The maximum Gasteiger partial charge on any atom is 0.194 e. The fourth-order valence-corrected chi connectivity index (χ4v) is 4.44. The number of piperazine rings is 1. The molecule has 0 aliphatic carbocycles. The molecule has 0 spiro atoms. The first-order chi connectivity index (χ1) is 15.2. The molecule has 1 aromatic carbocycles. The van der Waals surface area contributed by atoms with Gasteiger partial charge in [0.25, 0.3) is 0 Å². The van der Waals surface area contributed by atoms with Crippen LogP contribution in [0.5, 0.6) is 0 Å². The molecule has 2 fully saturated rings. The van der Waals surface area contributed by atoms with Crippen LogP contribution in [0.25, 0.3) is 0 Å². The molecule has 4 rings (SSSR count). The molecule has 3 heterocycles. The molecule has 0 amide bonds. The van der Waals surface area contributed by atoms with Crippen LogP contribution in [0, 0.1) is 5.82 Å². The minimum absolute atomic E-state index is 0.109. The highest BCUT2D eigenvalue weighted by Gasteiger charge is 2.35. The Bertz CT molecular complexity index is 844. The van der Waals surface area contributed by atoms with Crippen molar-refractivity contribution in [3.05, 3.63) is 60.0 Å². The lowest BCUT2D eigenvalue weighted by Crippen LogP contribution is -2.53. The third-order valence-corrected chi connectivity index (χ3v) is 6.33. The van der Waals surface area contributed by atoms with Crippen molar-refractivity contribution >= 4 is 11.8 Å². The molecule has 1 aromatic heterocycles. The van der Waals surface area contributed by atoms with E-state index in [0.717, 1.165) is 62.9 Å². The first-order valence-corrected chi connectivity index (χ1v) is 11.2. The van der Waals surface area contributed by atoms with Crippen molar-refractivity contribution in [3.63, 3.8) is 0 Å². The van der Waals surface area contributed by atoms with Gasteiger partial charge in [0.05, 0.1) is 6.54 Å². The Morgan fingerprint density at radius 1 is 1.10 bits per heavy atom. The first kappa shape index (κ1) is 21.6. The Hall–Kier alpha value is -2.67. The SMILES string of the molecule is CCNC(=NCC1(c2ccc(F)cc2)CCOCC1)N1CCN(c2ccccn2)CC1. The second-order valence-corrected chi connectivity index (χ2v) is 8.23. The predicted molar refractivity (Wildman–Crippen MR) is 122 cm³/mol. The summed E-state index contributed by atoms with van der Waals surface area (Å²) >= 11 is 0. The van der Waals surface area contributed by atoms with E-state index in [9.17, 15) is 4.39 Å². The van der Waals surface area contributed by atoms with Gasteiger partial charge >= 0.3 is 0 Å². The molecule has 1 N–H and O–H groups in total. The van der Waals surface area contributed by atoms with E-state index in [4.69, 9.17) is 9.73 Å². The van der Waals surface area contributed by atoms with Crippen molar-refractivity contribution in [2.45, 2.75) is 25.2 Å². The Labute approximate surface area is 184 Å². The van der Waals surface area contributed by atoms with Crippen LogP contribution in [-0.4, -0.2) is 68.3 Å². The van der Waals surface area contributed by atoms with Crippen LogP contribution in [0.2, 0.25) is 0 Å². The monoisotopic (exact) mass is 425 g/mol. The second-order valence-electron chi connectivity index (χ2n) is 8.23. The molecule has 0 bridgehead atoms. The molecular weight excluding hydrogens is 393 g/mol. The van der Waals surface area contributed by atoms with Gasteiger partial charge in [0.2, 0.25) is 0 Å². The van der Waals surface area contributed by atoms with E-state index in [1.807, 2.05) is 30.5 Å². The lowest BCUT2D eigenvalue weighted by atomic mass is 9.74. The maximum absolute atomic E-state index is 13.5. The van der Waals surface area contributed by atoms with E-state index in [-0.39, 0.29) is 11.2 Å². The predicted octanol–water partition coefficient (Wildman–Crippen LogP) is 3.06. The first-order valence-electron chi connectivity index (χ1n) is 11.2. The fraction of sp³-hybridized carbons (Fsp3) is 0.500. The van der Waals surface area contributed by atoms with Gasteiger partial charge in [-0.1, -0.05) is 18.2 Å². The topological polar surface area (TPSA) is 53.0 Å². The van der Waals surface area contributed by atoms with Crippen molar-refractivity contribution in [2.75, 3.05) is 57.4 Å². The minimum Gasteiger partial charge on any atom is -0.381 e. The molecule has 2 saturated heterocycles. The number of aliphatic imine (C=N–C) groups is 1. The number of ether oxygens (including phenoxy) is 1. The second kappa shape index (κ2) is 10.1. The number of rotatable bonds is 5. The number of nitrogens with one attached hydrogen (secondary N) is 1. The molecule has 0 saturated carbocycles. The number of halogens is 1. The number of pyridine rings is 1. The normalized spacial score (nSPS) is 19.4. The highest BCUT2D eigenvalue weighted by atomic mass is 19.1. The van der Waals surface area contributed by atoms with Gasteiger partial charge in [-0.15, -0.1) is 0 Å². The molecular formula is C24H32FN5O. The summed E-state index contributed by atoms with van der Waals surface area (Å²) in [5.74, 6) is 1.78. The number of aromatic nitrogens is 1. The number of hydrogen-bond acceptors (Lipinski definition) is 4. The van der Waals surface area contributed by atoms with Crippen LogP contribution >= 0.6 is 0 Å². The maximum atomic E-state index is 13.5. The number of anilines is 1. The zero-order valence-corrected chi connectivity index (χ0v) is 18.3. The summed E-state index contributed by atoms with van der Waals surface area (Å²) in [5.41, 5.74) is 1.04. The molecule has 0 radical (unpaired) electrons. The van der Waals surface area contributed by atoms with Gasteiger partial charge in [-0.05, 0) is 49.6 Å². The Balaban J connectivity index is 1.48. The lowest BCUT2D eigenvalue weighted by molar-refractivity contribution is 0.0530. The Morgan fingerprint density at radius 3 is 2.48 bits per heavy atom. The van der Waals surface area contributed by atoms with Gasteiger partial charge in [-0.25, -0.2) is 9.37 Å². The number of nitrogens with zero attached hydrogens (tertiary/aromatic N) is 4. The molecule has 6 nitrogen and oxygen atoms in total. The largest absolute Gasteiger partial charge is 0.381 e. The highest BCUT2D eigenvalue weighted by Crippen LogP contribution is 2.35. The molecule has 7 heteroatoms. The van der Waals surface area contributed by atoms with Crippen LogP contribution in [0.1, 0.15) is 25.3 Å². The third kappa shape index (κ3) is 5.15. The summed E-state index contributed by atoms with van der Waals surface area (Å²) in [4.78, 5) is 14.2. The quantitative estimate of drug-likeness (QED) is 0.590. The number of benzene rings is 1. The summed E-state index contributed by atoms with van der Waals surface area (Å²) in [6, 6.07) is 13.0. The van der Waals surface area contributed by atoms with Crippen LogP contribution in [0.3, 0.4) is 0 Å². The molecule has 2 aliphatic rings. The molecule has 0 atom stereocenters. The average molecular weight is 426 g/mol. The van der Waals surface area contributed by atoms with Crippen molar-refractivity contribution in [2.24, 2.45) is 4.99 Å². The molecule has 2 aromatic rings. The fourth-order valence-electron chi connectivity index (χ4n) is 4.44. The smallest absolute Gasteiger partial charge is 0.194 e. The summed E-state index contributed by atoms with van der Waals surface area (Å²) in [5, 5.41) is 3.47. The van der Waals surface area contributed by atoms with E-state index < -0.39 is 0 Å². The average Bonchev–Trinajstić information content (AvgIpc) is 2.83. The lowest BCUT2D eigenvalue weighted by Gasteiger charge is -2.39. The van der Waals surface area contributed by atoms with Crippen LogP contribution in [0.4, 0.5) is 10.2 Å². The molecule has 2 aliphatic heterocycles. The molecule has 166 valence electrons. The Morgan fingerprint density at radius 2 is 1.84 bits per heavy atom. The zero-order valence-electron chi connectivity index (χ0n) is 18.3. The van der Waals surface area contributed by atoms with Crippen molar-refractivity contribution in [1.29, 1.82) is 0 Å². The van der Waals surface area contributed by atoms with Gasteiger partial charge in [-0.2, -0.15) is 0 Å². The van der Waals surface area contributed by atoms with Crippen LogP contribution < -0.4 is 10.2 Å². The van der Waals surface area contributed by atoms with Gasteiger partial charge < -0.3 is 19.9 Å². The van der Waals surface area contributed by atoms with Crippen molar-refractivity contribution in [3.8, 4) is 0 Å². The number of hydrogen-bond donors (Lipinski definition) is 1. The zero-order chi connectivity index (χ0) is 21.5. The van der Waals surface area contributed by atoms with Crippen LogP contribution in [-0.2, 0) is 10.2 Å². The van der Waals surface area contributed by atoms with Gasteiger partial charge in [0.1, 0.15) is 11.6 Å². The standard InChI is InChI=1S/C24H32FN5O/c1-2-26-23(30-15-13-29(14-16-30)22-5-3-4-12-27-22)28-19-24(10-17-31-18-11-24)20-6-8-21(25)9-7-20/h3-9,12H,2,10-11,13-19H2,1H3,(H,26,28). The van der Waals surface area contributed by atoms with E-state index in [1.165, 1.54) is 0 Å². The van der Waals surface area contributed by atoms with E-state index in [0.29, 0.717) is 19.8 Å². The van der Waals surface area contributed by atoms with E-state index in [2.05, 4.69) is 33.1 Å². The van der Waals surface area contributed by atoms with Crippen molar-refractivity contribution in [1.82, 2.24) is 15.2 Å². The third-order valence-electron chi connectivity index (χ3n) is 6.33. The highest BCUT2D eigenvalue weighted by molar-refractivity contribution is 5.80. The Kier molecular flexibility index (Phi) is 7.02. The van der Waals surface area contributed by atoms with Gasteiger partial charge in [0, 0.05) is 57.5 Å². The number of guanidine groups is 1. The summed E-state index contributed by atoms with van der Waals surface area (Å²) in [7, 11) is 0. The summed E-state index contributed by atoms with van der Waals surface area (Å²) < 4.78 is 19.1. The van der Waals surface area contributed by atoms with Crippen LogP contribution in [0.15, 0.2) is 53.7 Å². The van der Waals surface area contributed by atoms with E-state index in [1.54, 1.807) is 12.1 Å². The summed E-state index contributed by atoms with van der Waals surface area (Å²) in [6.45, 7) is 8.65. The summed E-state index contributed by atoms with van der Waals surface area (Å²) in [6.07, 6.45) is 3.64. The van der Waals surface area contributed by atoms with Gasteiger partial charge in [-0.3, -0.25) is 4.99 Å². The van der Waals surface area contributed by atoms with E-state index >= 15 is 0 Å².